The molecule has 0 spiro atoms. The van der Waals surface area contributed by atoms with Crippen LogP contribution >= 0.6 is 11.6 Å². The number of fused-ring (bicyclic) bond motifs is 1. The Morgan fingerprint density at radius 1 is 1.11 bits per heavy atom. The molecule has 1 saturated heterocycles. The molecule has 1 fully saturated rings. The molecule has 1 aliphatic carbocycles. The molecule has 1 aromatic rings. The van der Waals surface area contributed by atoms with Crippen LogP contribution in [0.4, 0.5) is 5.69 Å². The number of benzene rings is 1. The summed E-state index contributed by atoms with van der Waals surface area (Å²) in [6, 6.07) is 3.10. The Labute approximate surface area is 162 Å². The van der Waals surface area contributed by atoms with E-state index in [0.717, 1.165) is 0 Å². The van der Waals surface area contributed by atoms with Crippen molar-refractivity contribution in [3.63, 3.8) is 0 Å². The Kier molecular flexibility index (Phi) is 5.70. The summed E-state index contributed by atoms with van der Waals surface area (Å²) < 4.78 is 10.4. The van der Waals surface area contributed by atoms with Gasteiger partial charge in [0.25, 0.3) is 0 Å². The minimum absolute atomic E-state index is 0.00154. The maximum absolute atomic E-state index is 12.4. The Bertz CT molecular complexity index is 782. The number of likely N-dealkylation sites (tertiary alicyclic amines) is 1. The summed E-state index contributed by atoms with van der Waals surface area (Å²) in [6.45, 7) is 0.0591. The lowest BCUT2D eigenvalue weighted by atomic mass is 9.85. The lowest BCUT2D eigenvalue weighted by Crippen LogP contribution is -2.34. The van der Waals surface area contributed by atoms with Gasteiger partial charge in [-0.2, -0.15) is 0 Å². The summed E-state index contributed by atoms with van der Waals surface area (Å²) >= 11 is 6.05. The van der Waals surface area contributed by atoms with Crippen LogP contribution in [-0.2, 0) is 14.4 Å². The highest BCUT2D eigenvalue weighted by molar-refractivity contribution is 6.32. The van der Waals surface area contributed by atoms with Crippen molar-refractivity contribution in [2.45, 2.75) is 19.3 Å². The maximum Gasteiger partial charge on any atom is 0.233 e. The SMILES string of the molecule is COc1cc(NC(=O)CCN2C(=O)[C@H]3CC=CC[C@@H]3C2=O)c(OC)cc1Cl. The summed E-state index contributed by atoms with van der Waals surface area (Å²) in [5.74, 6) is -0.502. The standard InChI is InChI=1S/C19H21ClN2O5/c1-26-15-10-14(16(27-2)9-13(15)20)21-17(23)7-8-22-18(24)11-5-3-4-6-12(11)19(22)25/h3-4,9-12H,5-8H2,1-2H3,(H,21,23)/t11-,12-/m0/s1. The highest BCUT2D eigenvalue weighted by atomic mass is 35.5. The molecule has 1 heterocycles. The van der Waals surface area contributed by atoms with Crippen molar-refractivity contribution < 1.29 is 23.9 Å². The third-order valence-corrected chi connectivity index (χ3v) is 5.20. The van der Waals surface area contributed by atoms with Crippen LogP contribution in [0.3, 0.4) is 0 Å². The fourth-order valence-corrected chi connectivity index (χ4v) is 3.70. The topological polar surface area (TPSA) is 84.9 Å². The number of ether oxygens (including phenoxy) is 2. The molecule has 27 heavy (non-hydrogen) atoms. The van der Waals surface area contributed by atoms with E-state index in [1.54, 1.807) is 12.1 Å². The number of allylic oxidation sites excluding steroid dienone is 2. The predicted octanol–water partition coefficient (Wildman–Crippen LogP) is 2.64. The van der Waals surface area contributed by atoms with Crippen molar-refractivity contribution >= 4 is 35.0 Å². The average Bonchev–Trinajstić information content (AvgIpc) is 2.92. The molecule has 3 rings (SSSR count). The molecule has 1 N–H and O–H groups in total. The number of rotatable bonds is 6. The van der Waals surface area contributed by atoms with Crippen LogP contribution in [0.2, 0.25) is 5.02 Å². The van der Waals surface area contributed by atoms with E-state index < -0.39 is 0 Å². The van der Waals surface area contributed by atoms with Crippen molar-refractivity contribution in [1.82, 2.24) is 4.90 Å². The summed E-state index contributed by atoms with van der Waals surface area (Å²) in [7, 11) is 2.93. The van der Waals surface area contributed by atoms with Crippen molar-refractivity contribution in [3.8, 4) is 11.5 Å². The fraction of sp³-hybridized carbons (Fsp3) is 0.421. The zero-order valence-corrected chi connectivity index (χ0v) is 15.9. The molecular weight excluding hydrogens is 372 g/mol. The van der Waals surface area contributed by atoms with Crippen LogP contribution < -0.4 is 14.8 Å². The minimum atomic E-state index is -0.341. The van der Waals surface area contributed by atoms with Gasteiger partial charge in [-0.1, -0.05) is 23.8 Å². The molecule has 1 aromatic carbocycles. The molecular formula is C19H21ClN2O5. The summed E-state index contributed by atoms with van der Waals surface area (Å²) in [6.07, 6.45) is 5.03. The quantitative estimate of drug-likeness (QED) is 0.594. The number of nitrogens with zero attached hydrogens (tertiary/aromatic N) is 1. The van der Waals surface area contributed by atoms with E-state index in [1.165, 1.54) is 19.1 Å². The Morgan fingerprint density at radius 3 is 2.26 bits per heavy atom. The number of halogens is 1. The molecule has 0 bridgehead atoms. The molecule has 0 saturated carbocycles. The van der Waals surface area contributed by atoms with Crippen LogP contribution in [0.5, 0.6) is 11.5 Å². The van der Waals surface area contributed by atoms with E-state index >= 15 is 0 Å². The van der Waals surface area contributed by atoms with E-state index in [4.69, 9.17) is 21.1 Å². The van der Waals surface area contributed by atoms with Crippen LogP contribution in [0.1, 0.15) is 19.3 Å². The van der Waals surface area contributed by atoms with Gasteiger partial charge < -0.3 is 14.8 Å². The van der Waals surface area contributed by atoms with Crippen molar-refractivity contribution in [2.24, 2.45) is 11.8 Å². The molecule has 8 heteroatoms. The lowest BCUT2D eigenvalue weighted by molar-refractivity contribution is -0.140. The van der Waals surface area contributed by atoms with Gasteiger partial charge in [-0.25, -0.2) is 0 Å². The number of nitrogens with one attached hydrogen (secondary N) is 1. The first-order chi connectivity index (χ1) is 13.0. The van der Waals surface area contributed by atoms with E-state index in [1.807, 2.05) is 12.2 Å². The van der Waals surface area contributed by atoms with Crippen LogP contribution in [0, 0.1) is 11.8 Å². The second kappa shape index (κ2) is 8.00. The van der Waals surface area contributed by atoms with Gasteiger partial charge in [0.2, 0.25) is 17.7 Å². The second-order valence-electron chi connectivity index (χ2n) is 6.47. The summed E-state index contributed by atoms with van der Waals surface area (Å²) in [4.78, 5) is 38.4. The molecule has 144 valence electrons. The normalized spacial score (nSPS) is 21.2. The van der Waals surface area contributed by atoms with Gasteiger partial charge >= 0.3 is 0 Å². The Balaban J connectivity index is 1.64. The molecule has 2 atom stereocenters. The number of carbonyl (C=O) groups is 3. The summed E-state index contributed by atoms with van der Waals surface area (Å²) in [5.41, 5.74) is 0.403. The van der Waals surface area contributed by atoms with Gasteiger partial charge in [-0.15, -0.1) is 0 Å². The first kappa shape index (κ1) is 19.2. The number of hydrogen-bond donors (Lipinski definition) is 1. The molecule has 1 aliphatic heterocycles. The largest absolute Gasteiger partial charge is 0.495 e. The molecule has 2 aliphatic rings. The van der Waals surface area contributed by atoms with Crippen molar-refractivity contribution in [1.29, 1.82) is 0 Å². The maximum atomic E-state index is 12.4. The molecule has 0 unspecified atom stereocenters. The predicted molar refractivity (Wildman–Crippen MR) is 99.9 cm³/mol. The zero-order chi connectivity index (χ0) is 19.6. The summed E-state index contributed by atoms with van der Waals surface area (Å²) in [5, 5.41) is 3.07. The smallest absolute Gasteiger partial charge is 0.233 e. The van der Waals surface area contributed by atoms with Gasteiger partial charge in [0.1, 0.15) is 11.5 Å². The molecule has 3 amide bonds. The lowest BCUT2D eigenvalue weighted by Gasteiger charge is -2.16. The number of hydrogen-bond acceptors (Lipinski definition) is 5. The van der Waals surface area contributed by atoms with Crippen LogP contribution in [0.15, 0.2) is 24.3 Å². The number of imide groups is 1. The van der Waals surface area contributed by atoms with Crippen molar-refractivity contribution in [2.75, 3.05) is 26.1 Å². The van der Waals surface area contributed by atoms with Gasteiger partial charge in [-0.05, 0) is 12.8 Å². The first-order valence-corrected chi connectivity index (χ1v) is 9.05. The average molecular weight is 393 g/mol. The third kappa shape index (κ3) is 3.78. The molecule has 0 aromatic heterocycles. The van der Waals surface area contributed by atoms with E-state index in [0.29, 0.717) is 35.1 Å². The van der Waals surface area contributed by atoms with Gasteiger partial charge in [0, 0.05) is 25.1 Å². The van der Waals surface area contributed by atoms with Gasteiger partial charge in [0.15, 0.2) is 0 Å². The fourth-order valence-electron chi connectivity index (χ4n) is 3.47. The highest BCUT2D eigenvalue weighted by Gasteiger charge is 2.46. The molecule has 0 radical (unpaired) electrons. The first-order valence-electron chi connectivity index (χ1n) is 8.67. The number of carbonyl (C=O) groups excluding carboxylic acids is 3. The number of methoxy groups -OCH3 is 2. The Hall–Kier alpha value is -2.54. The van der Waals surface area contributed by atoms with Crippen LogP contribution in [0.25, 0.3) is 0 Å². The molecule has 7 nitrogen and oxygen atoms in total. The minimum Gasteiger partial charge on any atom is -0.495 e. The number of anilines is 1. The zero-order valence-electron chi connectivity index (χ0n) is 15.2. The van der Waals surface area contributed by atoms with Crippen LogP contribution in [-0.4, -0.2) is 43.4 Å². The van der Waals surface area contributed by atoms with Crippen molar-refractivity contribution in [3.05, 3.63) is 29.3 Å². The Morgan fingerprint density at radius 2 is 1.70 bits per heavy atom. The monoisotopic (exact) mass is 392 g/mol. The van der Waals surface area contributed by atoms with E-state index in [-0.39, 0.29) is 42.5 Å². The van der Waals surface area contributed by atoms with Gasteiger partial charge in [-0.3, -0.25) is 19.3 Å². The highest BCUT2D eigenvalue weighted by Crippen LogP contribution is 2.37. The van der Waals surface area contributed by atoms with E-state index in [9.17, 15) is 14.4 Å². The van der Waals surface area contributed by atoms with Gasteiger partial charge in [0.05, 0.1) is 36.8 Å². The number of amides is 3. The second-order valence-corrected chi connectivity index (χ2v) is 6.88. The third-order valence-electron chi connectivity index (χ3n) is 4.91. The van der Waals surface area contributed by atoms with E-state index in [2.05, 4.69) is 5.32 Å².